The van der Waals surface area contributed by atoms with Crippen LogP contribution >= 0.6 is 0 Å². The highest BCUT2D eigenvalue weighted by Gasteiger charge is 2.09. The van der Waals surface area contributed by atoms with Crippen molar-refractivity contribution in [3.63, 3.8) is 0 Å². The Kier molecular flexibility index (Phi) is 1.68. The number of anilines is 1. The van der Waals surface area contributed by atoms with Crippen LogP contribution in [0.3, 0.4) is 0 Å². The molecule has 2 aromatic heterocycles. The van der Waals surface area contributed by atoms with Gasteiger partial charge >= 0.3 is 0 Å². The van der Waals surface area contributed by atoms with Crippen molar-refractivity contribution in [3.05, 3.63) is 30.0 Å². The minimum absolute atomic E-state index is 0.543. The van der Waals surface area contributed by atoms with Crippen molar-refractivity contribution >= 4 is 27.6 Å². The van der Waals surface area contributed by atoms with Gasteiger partial charge in [0.25, 0.3) is 0 Å². The van der Waals surface area contributed by atoms with Crippen molar-refractivity contribution in [1.82, 2.24) is 14.8 Å². The topological polar surface area (TPSA) is 56.7 Å². The van der Waals surface area contributed by atoms with Gasteiger partial charge in [0.1, 0.15) is 5.82 Å². The number of aryl methyl sites for hydroxylation is 2. The summed E-state index contributed by atoms with van der Waals surface area (Å²) in [6.45, 7) is 2.05. The fourth-order valence-electron chi connectivity index (χ4n) is 2.07. The van der Waals surface area contributed by atoms with E-state index in [9.17, 15) is 0 Å². The van der Waals surface area contributed by atoms with E-state index < -0.39 is 0 Å². The zero-order valence-corrected chi connectivity index (χ0v) is 9.23. The first-order valence-corrected chi connectivity index (χ1v) is 5.14. The quantitative estimate of drug-likeness (QED) is 0.620. The summed E-state index contributed by atoms with van der Waals surface area (Å²) in [5.41, 5.74) is 9.07. The van der Waals surface area contributed by atoms with Crippen LogP contribution in [0, 0.1) is 6.92 Å². The molecule has 0 saturated carbocycles. The summed E-state index contributed by atoms with van der Waals surface area (Å²) in [5.74, 6) is 0.543. The number of fused-ring (bicyclic) bond motifs is 3. The average Bonchev–Trinajstić information content (AvgIpc) is 2.61. The molecule has 0 saturated heterocycles. The first-order valence-electron chi connectivity index (χ1n) is 5.14. The first kappa shape index (κ1) is 9.15. The normalized spacial score (nSPS) is 11.4. The van der Waals surface area contributed by atoms with Crippen LogP contribution in [0.2, 0.25) is 0 Å². The Hall–Kier alpha value is -2.10. The highest BCUT2D eigenvalue weighted by Crippen LogP contribution is 2.27. The zero-order chi connectivity index (χ0) is 11.3. The van der Waals surface area contributed by atoms with Gasteiger partial charge in [0, 0.05) is 12.4 Å². The number of nitrogen functional groups attached to an aromatic ring is 1. The van der Waals surface area contributed by atoms with Crippen LogP contribution in [0.25, 0.3) is 21.8 Å². The lowest BCUT2D eigenvalue weighted by atomic mass is 10.1. The van der Waals surface area contributed by atoms with Crippen LogP contribution in [-0.2, 0) is 7.05 Å². The Morgan fingerprint density at radius 1 is 1.25 bits per heavy atom. The first-order chi connectivity index (χ1) is 7.66. The van der Waals surface area contributed by atoms with Gasteiger partial charge in [0.15, 0.2) is 0 Å². The number of aromatic nitrogens is 3. The van der Waals surface area contributed by atoms with E-state index in [-0.39, 0.29) is 0 Å². The molecule has 80 valence electrons. The Labute approximate surface area is 92.7 Å². The van der Waals surface area contributed by atoms with Crippen molar-refractivity contribution in [2.75, 3.05) is 5.73 Å². The van der Waals surface area contributed by atoms with Gasteiger partial charge in [-0.05, 0) is 18.6 Å². The maximum atomic E-state index is 5.92. The fourth-order valence-corrected chi connectivity index (χ4v) is 2.07. The molecule has 0 unspecified atom stereocenters. The second-order valence-electron chi connectivity index (χ2n) is 4.05. The number of nitrogens with zero attached hydrogens (tertiary/aromatic N) is 3. The third-order valence-electron chi connectivity index (χ3n) is 2.86. The lowest BCUT2D eigenvalue weighted by Crippen LogP contribution is -1.95. The highest BCUT2D eigenvalue weighted by molar-refractivity contribution is 6.07. The van der Waals surface area contributed by atoms with Crippen LogP contribution in [0.4, 0.5) is 5.82 Å². The standard InChI is InChI=1S/C12H12N4/c1-7-3-4-8-10(5-7)15-12(13)9-6-14-16(2)11(8)9/h3-6H,1-2H3,(H2,13,15). The number of hydrogen-bond donors (Lipinski definition) is 1. The SMILES string of the molecule is Cc1ccc2c(c1)nc(N)c1cnn(C)c12. The van der Waals surface area contributed by atoms with Crippen LogP contribution < -0.4 is 5.73 Å². The van der Waals surface area contributed by atoms with Gasteiger partial charge in [-0.15, -0.1) is 0 Å². The van der Waals surface area contributed by atoms with E-state index in [0.29, 0.717) is 5.82 Å². The molecule has 0 amide bonds. The summed E-state index contributed by atoms with van der Waals surface area (Å²) < 4.78 is 1.84. The van der Waals surface area contributed by atoms with E-state index in [1.54, 1.807) is 6.20 Å². The molecule has 16 heavy (non-hydrogen) atoms. The predicted octanol–water partition coefficient (Wildman–Crippen LogP) is 2.01. The van der Waals surface area contributed by atoms with Crippen LogP contribution in [0.15, 0.2) is 24.4 Å². The van der Waals surface area contributed by atoms with Crippen LogP contribution in [0.5, 0.6) is 0 Å². The van der Waals surface area contributed by atoms with Gasteiger partial charge in [-0.1, -0.05) is 12.1 Å². The third kappa shape index (κ3) is 1.10. The van der Waals surface area contributed by atoms with Gasteiger partial charge in [-0.3, -0.25) is 4.68 Å². The number of benzene rings is 1. The molecule has 4 heteroatoms. The molecule has 0 fully saturated rings. The highest BCUT2D eigenvalue weighted by atomic mass is 15.3. The lowest BCUT2D eigenvalue weighted by molar-refractivity contribution is 0.799. The summed E-state index contributed by atoms with van der Waals surface area (Å²) in [6.07, 6.45) is 1.76. The van der Waals surface area contributed by atoms with Gasteiger partial charge in [-0.25, -0.2) is 4.98 Å². The molecule has 2 N–H and O–H groups in total. The molecule has 0 aliphatic rings. The van der Waals surface area contributed by atoms with Crippen molar-refractivity contribution in [1.29, 1.82) is 0 Å². The van der Waals surface area contributed by atoms with Crippen LogP contribution in [-0.4, -0.2) is 14.8 Å². The molecular weight excluding hydrogens is 200 g/mol. The maximum absolute atomic E-state index is 5.92. The summed E-state index contributed by atoms with van der Waals surface area (Å²) in [4.78, 5) is 4.40. The zero-order valence-electron chi connectivity index (χ0n) is 9.23. The molecule has 0 aliphatic carbocycles. The van der Waals surface area contributed by atoms with Gasteiger partial charge in [0.2, 0.25) is 0 Å². The molecule has 0 spiro atoms. The second kappa shape index (κ2) is 2.95. The Bertz CT molecular complexity index is 697. The minimum Gasteiger partial charge on any atom is -0.383 e. The number of rotatable bonds is 0. The Balaban J connectivity index is 2.62. The fraction of sp³-hybridized carbons (Fsp3) is 0.167. The molecule has 0 aliphatic heterocycles. The summed E-state index contributed by atoms with van der Waals surface area (Å²) in [7, 11) is 1.92. The number of hydrogen-bond acceptors (Lipinski definition) is 3. The van der Waals surface area contributed by atoms with Gasteiger partial charge in [-0.2, -0.15) is 5.10 Å². The molecule has 2 heterocycles. The smallest absolute Gasteiger partial charge is 0.135 e. The minimum atomic E-state index is 0.543. The second-order valence-corrected chi connectivity index (χ2v) is 4.05. The largest absolute Gasteiger partial charge is 0.383 e. The van der Waals surface area contributed by atoms with Crippen LogP contribution in [0.1, 0.15) is 5.56 Å². The Morgan fingerprint density at radius 3 is 2.88 bits per heavy atom. The van der Waals surface area contributed by atoms with Crippen molar-refractivity contribution in [2.24, 2.45) is 7.05 Å². The van der Waals surface area contributed by atoms with Crippen molar-refractivity contribution in [3.8, 4) is 0 Å². The van der Waals surface area contributed by atoms with E-state index in [1.165, 1.54) is 5.56 Å². The third-order valence-corrected chi connectivity index (χ3v) is 2.86. The molecule has 4 nitrogen and oxygen atoms in total. The molecule has 0 atom stereocenters. The molecule has 0 bridgehead atoms. The summed E-state index contributed by atoms with van der Waals surface area (Å²) in [5, 5.41) is 6.23. The van der Waals surface area contributed by atoms with Crippen molar-refractivity contribution < 1.29 is 0 Å². The summed E-state index contributed by atoms with van der Waals surface area (Å²) >= 11 is 0. The van der Waals surface area contributed by atoms with E-state index >= 15 is 0 Å². The maximum Gasteiger partial charge on any atom is 0.135 e. The molecule has 3 aromatic rings. The molecule has 1 aromatic carbocycles. The van der Waals surface area contributed by atoms with E-state index in [2.05, 4.69) is 22.2 Å². The molecule has 0 radical (unpaired) electrons. The van der Waals surface area contributed by atoms with Gasteiger partial charge in [0.05, 0.1) is 22.6 Å². The Morgan fingerprint density at radius 2 is 2.06 bits per heavy atom. The van der Waals surface area contributed by atoms with E-state index in [1.807, 2.05) is 24.7 Å². The average molecular weight is 212 g/mol. The number of pyridine rings is 1. The van der Waals surface area contributed by atoms with Gasteiger partial charge < -0.3 is 5.73 Å². The lowest BCUT2D eigenvalue weighted by Gasteiger charge is -2.04. The number of nitrogens with two attached hydrogens (primary N) is 1. The van der Waals surface area contributed by atoms with Crippen molar-refractivity contribution in [2.45, 2.75) is 6.92 Å². The van der Waals surface area contributed by atoms with E-state index in [4.69, 9.17) is 5.73 Å². The summed E-state index contributed by atoms with van der Waals surface area (Å²) in [6, 6.07) is 6.19. The monoisotopic (exact) mass is 212 g/mol. The predicted molar refractivity (Wildman–Crippen MR) is 65.2 cm³/mol. The van der Waals surface area contributed by atoms with E-state index in [0.717, 1.165) is 21.8 Å². The molecular formula is C12H12N4. The molecule has 3 rings (SSSR count).